The lowest BCUT2D eigenvalue weighted by molar-refractivity contribution is 0.122. The normalized spacial score (nSPS) is 14.5. The number of ether oxygens (including phenoxy) is 2. The lowest BCUT2D eigenvalue weighted by Gasteiger charge is -2.28. The summed E-state index contributed by atoms with van der Waals surface area (Å²) in [6.45, 7) is 5.85. The smallest absolute Gasteiger partial charge is 0.232 e. The van der Waals surface area contributed by atoms with Gasteiger partial charge in [-0.25, -0.2) is 0 Å². The molecular weight excluding hydrogens is 364 g/mol. The molecule has 0 radical (unpaired) electrons. The average molecular weight is 386 g/mol. The Hall–Kier alpha value is -2.52. The van der Waals surface area contributed by atoms with Crippen molar-refractivity contribution in [3.05, 3.63) is 24.3 Å². The summed E-state index contributed by atoms with van der Waals surface area (Å²) in [5.74, 6) is 1.01. The van der Waals surface area contributed by atoms with E-state index in [0.29, 0.717) is 24.1 Å². The summed E-state index contributed by atoms with van der Waals surface area (Å²) in [7, 11) is 0. The second-order valence-corrected chi connectivity index (χ2v) is 6.81. The van der Waals surface area contributed by atoms with Gasteiger partial charge in [-0.05, 0) is 37.4 Å². The molecule has 8 nitrogen and oxygen atoms in total. The standard InChI is InChI=1S/C18H22N6O2S/c1-3-26-16-14-15(22-23-17(14)27-2)20-18(21-16)19-12-4-6-13(7-5-12)24-8-10-25-11-9-24/h4-7H,3,8-11H2,1-2H3,(H2,19,20,21,22,23). The molecule has 0 saturated carbocycles. The molecule has 1 aliphatic heterocycles. The van der Waals surface area contributed by atoms with E-state index < -0.39 is 0 Å². The lowest BCUT2D eigenvalue weighted by atomic mass is 10.2. The summed E-state index contributed by atoms with van der Waals surface area (Å²) < 4.78 is 11.1. The van der Waals surface area contributed by atoms with Crippen molar-refractivity contribution >= 4 is 40.1 Å². The van der Waals surface area contributed by atoms with Crippen molar-refractivity contribution in [3.8, 4) is 5.88 Å². The number of nitrogens with one attached hydrogen (secondary N) is 2. The summed E-state index contributed by atoms with van der Waals surface area (Å²) in [5, 5.41) is 12.1. The molecule has 3 heterocycles. The molecule has 0 aliphatic carbocycles. The van der Waals surface area contributed by atoms with E-state index in [1.165, 1.54) is 17.4 Å². The van der Waals surface area contributed by atoms with Gasteiger partial charge < -0.3 is 19.7 Å². The fourth-order valence-electron chi connectivity index (χ4n) is 3.02. The van der Waals surface area contributed by atoms with Crippen LogP contribution in [0.4, 0.5) is 17.3 Å². The number of hydrogen-bond acceptors (Lipinski definition) is 8. The number of rotatable bonds is 6. The van der Waals surface area contributed by atoms with Crippen molar-refractivity contribution in [1.82, 2.24) is 20.2 Å². The van der Waals surface area contributed by atoms with E-state index in [1.807, 2.05) is 25.3 Å². The molecule has 0 atom stereocenters. The number of nitrogens with zero attached hydrogens (tertiary/aromatic N) is 4. The van der Waals surface area contributed by atoms with Gasteiger partial charge in [-0.2, -0.15) is 15.1 Å². The fraction of sp³-hybridized carbons (Fsp3) is 0.389. The zero-order chi connectivity index (χ0) is 18.6. The van der Waals surface area contributed by atoms with Crippen molar-refractivity contribution in [2.24, 2.45) is 0 Å². The molecule has 142 valence electrons. The van der Waals surface area contributed by atoms with E-state index in [-0.39, 0.29) is 0 Å². The van der Waals surface area contributed by atoms with Gasteiger partial charge in [0.1, 0.15) is 10.4 Å². The van der Waals surface area contributed by atoms with Gasteiger partial charge in [0.05, 0.1) is 19.8 Å². The van der Waals surface area contributed by atoms with Crippen LogP contribution < -0.4 is 15.0 Å². The zero-order valence-corrected chi connectivity index (χ0v) is 16.2. The van der Waals surface area contributed by atoms with Crippen LogP contribution >= 0.6 is 11.8 Å². The predicted octanol–water partition coefficient (Wildman–Crippen LogP) is 3.05. The molecule has 1 aromatic carbocycles. The molecule has 2 N–H and O–H groups in total. The highest BCUT2D eigenvalue weighted by Gasteiger charge is 2.16. The molecular formula is C18H22N6O2S. The highest BCUT2D eigenvalue weighted by atomic mass is 32.2. The zero-order valence-electron chi connectivity index (χ0n) is 15.4. The highest BCUT2D eigenvalue weighted by Crippen LogP contribution is 2.31. The van der Waals surface area contributed by atoms with Crippen molar-refractivity contribution < 1.29 is 9.47 Å². The molecule has 4 rings (SSSR count). The first-order valence-electron chi connectivity index (χ1n) is 8.91. The molecule has 1 fully saturated rings. The number of H-pyrrole nitrogens is 1. The SMILES string of the molecule is CCOc1nc(Nc2ccc(N3CCOCC3)cc2)nc2[nH]nc(SC)c12. The molecule has 1 aliphatic rings. The monoisotopic (exact) mass is 386 g/mol. The Balaban J connectivity index is 1.57. The van der Waals surface area contributed by atoms with E-state index in [9.17, 15) is 0 Å². The molecule has 0 unspecified atom stereocenters. The van der Waals surface area contributed by atoms with Gasteiger partial charge in [0.25, 0.3) is 0 Å². The third kappa shape index (κ3) is 3.79. The van der Waals surface area contributed by atoms with Gasteiger partial charge in [-0.1, -0.05) is 0 Å². The topological polar surface area (TPSA) is 88.2 Å². The third-order valence-electron chi connectivity index (χ3n) is 4.33. The Bertz CT molecular complexity index is 908. The Morgan fingerprint density at radius 2 is 2.00 bits per heavy atom. The summed E-state index contributed by atoms with van der Waals surface area (Å²) in [4.78, 5) is 11.4. The van der Waals surface area contributed by atoms with E-state index in [2.05, 4.69) is 42.5 Å². The van der Waals surface area contributed by atoms with Crippen molar-refractivity contribution in [2.75, 3.05) is 49.4 Å². The van der Waals surface area contributed by atoms with Gasteiger partial charge >= 0.3 is 0 Å². The minimum atomic E-state index is 0.473. The number of aromatic amines is 1. The van der Waals surface area contributed by atoms with Crippen LogP contribution in [0, 0.1) is 0 Å². The van der Waals surface area contributed by atoms with Crippen molar-refractivity contribution in [2.45, 2.75) is 11.9 Å². The Labute approximate surface area is 161 Å². The molecule has 0 spiro atoms. The van der Waals surface area contributed by atoms with Crippen LogP contribution in [0.3, 0.4) is 0 Å². The number of benzene rings is 1. The fourth-order valence-corrected chi connectivity index (χ4v) is 3.55. The maximum Gasteiger partial charge on any atom is 0.232 e. The molecule has 3 aromatic rings. The average Bonchev–Trinajstić information content (AvgIpc) is 3.13. The summed E-state index contributed by atoms with van der Waals surface area (Å²) in [6.07, 6.45) is 1.97. The Kier molecular flexibility index (Phi) is 5.30. The maximum atomic E-state index is 5.71. The second-order valence-electron chi connectivity index (χ2n) is 6.01. The first-order valence-corrected chi connectivity index (χ1v) is 10.1. The molecule has 0 bridgehead atoms. The van der Waals surface area contributed by atoms with Crippen LogP contribution in [0.15, 0.2) is 29.3 Å². The summed E-state index contributed by atoms with van der Waals surface area (Å²) in [5.41, 5.74) is 2.76. The number of fused-ring (bicyclic) bond motifs is 1. The number of aromatic nitrogens is 4. The van der Waals surface area contributed by atoms with Gasteiger partial charge in [-0.15, -0.1) is 11.8 Å². The molecule has 1 saturated heterocycles. The minimum Gasteiger partial charge on any atom is -0.477 e. The van der Waals surface area contributed by atoms with Gasteiger partial charge in [0.2, 0.25) is 11.8 Å². The molecule has 0 amide bonds. The van der Waals surface area contributed by atoms with Crippen LogP contribution in [0.5, 0.6) is 5.88 Å². The van der Waals surface area contributed by atoms with Gasteiger partial charge in [-0.3, -0.25) is 5.10 Å². The van der Waals surface area contributed by atoms with E-state index in [0.717, 1.165) is 42.4 Å². The minimum absolute atomic E-state index is 0.473. The van der Waals surface area contributed by atoms with Crippen LogP contribution in [0.1, 0.15) is 6.92 Å². The third-order valence-corrected chi connectivity index (χ3v) is 5.01. The molecule has 27 heavy (non-hydrogen) atoms. The first kappa shape index (κ1) is 17.9. The van der Waals surface area contributed by atoms with Crippen molar-refractivity contribution in [1.29, 1.82) is 0 Å². The van der Waals surface area contributed by atoms with Gasteiger partial charge in [0.15, 0.2) is 5.65 Å². The second kappa shape index (κ2) is 8.01. The van der Waals surface area contributed by atoms with E-state index in [1.54, 1.807) is 0 Å². The Morgan fingerprint density at radius 3 is 2.70 bits per heavy atom. The first-order chi connectivity index (χ1) is 13.3. The van der Waals surface area contributed by atoms with Crippen molar-refractivity contribution in [3.63, 3.8) is 0 Å². The quantitative estimate of drug-likeness (QED) is 0.625. The molecule has 2 aromatic heterocycles. The van der Waals surface area contributed by atoms with Crippen LogP contribution in [0.25, 0.3) is 11.0 Å². The van der Waals surface area contributed by atoms with Crippen LogP contribution in [0.2, 0.25) is 0 Å². The number of morpholine rings is 1. The Morgan fingerprint density at radius 1 is 1.22 bits per heavy atom. The maximum absolute atomic E-state index is 5.71. The largest absolute Gasteiger partial charge is 0.477 e. The number of thioether (sulfide) groups is 1. The van der Waals surface area contributed by atoms with E-state index >= 15 is 0 Å². The van der Waals surface area contributed by atoms with E-state index in [4.69, 9.17) is 9.47 Å². The van der Waals surface area contributed by atoms with Crippen LogP contribution in [-0.4, -0.2) is 59.3 Å². The van der Waals surface area contributed by atoms with Gasteiger partial charge in [0, 0.05) is 24.5 Å². The summed E-state index contributed by atoms with van der Waals surface area (Å²) in [6, 6.07) is 8.24. The molecule has 9 heteroatoms. The lowest BCUT2D eigenvalue weighted by Crippen LogP contribution is -2.36. The number of hydrogen-bond donors (Lipinski definition) is 2. The van der Waals surface area contributed by atoms with Crippen LogP contribution in [-0.2, 0) is 4.74 Å². The predicted molar refractivity (Wildman–Crippen MR) is 107 cm³/mol. The summed E-state index contributed by atoms with van der Waals surface area (Å²) >= 11 is 1.53. The number of anilines is 3. The highest BCUT2D eigenvalue weighted by molar-refractivity contribution is 7.98.